The van der Waals surface area contributed by atoms with E-state index in [2.05, 4.69) is 83.6 Å². The number of ether oxygens (including phenoxy) is 1. The molecular formula is C17H24BrIO. The average Bonchev–Trinajstić information content (AvgIpc) is 2.43. The maximum absolute atomic E-state index is 6.58. The standard InChI is InChI=1S/C17H24BrIO/c1-12-8-9-14(10-13(12)2)20-17(3,11-19)15-6-4-5-7-16(15)18/h4-7,12-14H,8-11H2,1-3H3. The molecule has 0 N–H and O–H groups in total. The molecule has 112 valence electrons. The minimum atomic E-state index is -0.203. The SMILES string of the molecule is CC1CCC(OC(C)(CI)c2ccccc2Br)CC1C. The van der Waals surface area contributed by atoms with Crippen molar-refractivity contribution in [3.8, 4) is 0 Å². The molecule has 1 saturated carbocycles. The van der Waals surface area contributed by atoms with Crippen LogP contribution in [-0.4, -0.2) is 10.5 Å². The molecule has 1 aromatic rings. The summed E-state index contributed by atoms with van der Waals surface area (Å²) in [7, 11) is 0. The molecule has 4 unspecified atom stereocenters. The van der Waals surface area contributed by atoms with Crippen molar-refractivity contribution in [2.45, 2.75) is 51.7 Å². The summed E-state index contributed by atoms with van der Waals surface area (Å²) in [5.74, 6) is 1.61. The lowest BCUT2D eigenvalue weighted by molar-refractivity contribution is -0.0968. The maximum Gasteiger partial charge on any atom is 0.101 e. The highest BCUT2D eigenvalue weighted by atomic mass is 127. The number of hydrogen-bond donors (Lipinski definition) is 0. The van der Waals surface area contributed by atoms with Gasteiger partial charge < -0.3 is 4.74 Å². The van der Waals surface area contributed by atoms with Crippen LogP contribution in [0.4, 0.5) is 0 Å². The van der Waals surface area contributed by atoms with Crippen molar-refractivity contribution in [3.63, 3.8) is 0 Å². The molecule has 0 saturated heterocycles. The predicted molar refractivity (Wildman–Crippen MR) is 97.4 cm³/mol. The number of hydrogen-bond acceptors (Lipinski definition) is 1. The van der Waals surface area contributed by atoms with E-state index in [1.165, 1.54) is 24.8 Å². The monoisotopic (exact) mass is 450 g/mol. The summed E-state index contributed by atoms with van der Waals surface area (Å²) in [5, 5.41) is 0. The van der Waals surface area contributed by atoms with E-state index in [1.54, 1.807) is 0 Å². The first-order valence-electron chi connectivity index (χ1n) is 7.45. The van der Waals surface area contributed by atoms with E-state index in [0.29, 0.717) is 6.10 Å². The average molecular weight is 451 g/mol. The van der Waals surface area contributed by atoms with Gasteiger partial charge in [0.25, 0.3) is 0 Å². The van der Waals surface area contributed by atoms with Gasteiger partial charge in [0, 0.05) is 8.90 Å². The van der Waals surface area contributed by atoms with Crippen LogP contribution in [0, 0.1) is 11.8 Å². The highest BCUT2D eigenvalue weighted by molar-refractivity contribution is 14.1. The molecule has 0 amide bonds. The van der Waals surface area contributed by atoms with Crippen LogP contribution in [0.1, 0.15) is 45.6 Å². The van der Waals surface area contributed by atoms with Crippen molar-refractivity contribution in [1.82, 2.24) is 0 Å². The Kier molecular flexibility index (Phi) is 5.95. The number of rotatable bonds is 4. The first-order valence-corrected chi connectivity index (χ1v) is 9.77. The summed E-state index contributed by atoms with van der Waals surface area (Å²) < 4.78 is 8.69. The third kappa shape index (κ3) is 3.77. The Bertz CT molecular complexity index is 450. The third-order valence-corrected chi connectivity index (χ3v) is 6.82. The number of halogens is 2. The predicted octanol–water partition coefficient (Wildman–Crippen LogP) is 5.94. The summed E-state index contributed by atoms with van der Waals surface area (Å²) in [6.45, 7) is 6.95. The second-order valence-electron chi connectivity index (χ2n) is 6.35. The molecule has 1 aliphatic rings. The minimum Gasteiger partial charge on any atom is -0.367 e. The van der Waals surface area contributed by atoms with Crippen molar-refractivity contribution >= 4 is 38.5 Å². The molecule has 3 heteroatoms. The van der Waals surface area contributed by atoms with Crippen LogP contribution in [0.25, 0.3) is 0 Å². The molecule has 0 spiro atoms. The molecule has 1 fully saturated rings. The van der Waals surface area contributed by atoms with Crippen LogP contribution < -0.4 is 0 Å². The van der Waals surface area contributed by atoms with Crippen molar-refractivity contribution in [2.75, 3.05) is 4.43 Å². The van der Waals surface area contributed by atoms with Crippen LogP contribution in [0.2, 0.25) is 0 Å². The van der Waals surface area contributed by atoms with Crippen molar-refractivity contribution in [1.29, 1.82) is 0 Å². The van der Waals surface area contributed by atoms with Crippen molar-refractivity contribution < 1.29 is 4.74 Å². The zero-order valence-corrected chi connectivity index (χ0v) is 16.3. The van der Waals surface area contributed by atoms with E-state index < -0.39 is 0 Å². The van der Waals surface area contributed by atoms with Crippen LogP contribution in [0.5, 0.6) is 0 Å². The molecule has 1 nitrogen and oxygen atoms in total. The van der Waals surface area contributed by atoms with Gasteiger partial charge in [-0.1, -0.05) is 70.6 Å². The van der Waals surface area contributed by atoms with E-state index in [0.717, 1.165) is 20.7 Å². The molecule has 1 aliphatic carbocycles. The highest BCUT2D eigenvalue weighted by Crippen LogP contribution is 2.39. The summed E-state index contributed by atoms with van der Waals surface area (Å²) in [6, 6.07) is 8.44. The van der Waals surface area contributed by atoms with E-state index >= 15 is 0 Å². The third-order valence-electron chi connectivity index (χ3n) is 4.68. The Morgan fingerprint density at radius 3 is 2.55 bits per heavy atom. The molecule has 0 bridgehead atoms. The second-order valence-corrected chi connectivity index (χ2v) is 7.97. The lowest BCUT2D eigenvalue weighted by atomic mass is 9.80. The molecule has 1 aromatic carbocycles. The topological polar surface area (TPSA) is 9.23 Å². The van der Waals surface area contributed by atoms with Gasteiger partial charge in [-0.05, 0) is 49.7 Å². The van der Waals surface area contributed by atoms with Crippen LogP contribution in [0.3, 0.4) is 0 Å². The Morgan fingerprint density at radius 2 is 1.95 bits per heavy atom. The zero-order chi connectivity index (χ0) is 14.8. The van der Waals surface area contributed by atoms with Crippen molar-refractivity contribution in [3.05, 3.63) is 34.3 Å². The van der Waals surface area contributed by atoms with E-state index in [9.17, 15) is 0 Å². The Hall–Kier alpha value is 0.390. The van der Waals surface area contributed by atoms with E-state index in [-0.39, 0.29) is 5.60 Å². The molecule has 0 heterocycles. The van der Waals surface area contributed by atoms with Gasteiger partial charge in [0.15, 0.2) is 0 Å². The second kappa shape index (κ2) is 7.10. The van der Waals surface area contributed by atoms with Gasteiger partial charge in [0.1, 0.15) is 5.60 Å². The fourth-order valence-electron chi connectivity index (χ4n) is 3.03. The molecular weight excluding hydrogens is 427 g/mol. The first kappa shape index (κ1) is 16.8. The first-order chi connectivity index (χ1) is 9.46. The lowest BCUT2D eigenvalue weighted by Gasteiger charge is -2.39. The number of benzene rings is 1. The minimum absolute atomic E-state index is 0.203. The Morgan fingerprint density at radius 1 is 1.25 bits per heavy atom. The molecule has 0 aromatic heterocycles. The Labute approximate surface area is 145 Å². The van der Waals surface area contributed by atoms with Gasteiger partial charge in [0.05, 0.1) is 6.10 Å². The fourth-order valence-corrected chi connectivity index (χ4v) is 4.32. The van der Waals surface area contributed by atoms with Gasteiger partial charge in [-0.3, -0.25) is 0 Å². The summed E-state index contributed by atoms with van der Waals surface area (Å²) in [5.41, 5.74) is 1.06. The van der Waals surface area contributed by atoms with Gasteiger partial charge >= 0.3 is 0 Å². The molecule has 0 radical (unpaired) electrons. The largest absolute Gasteiger partial charge is 0.367 e. The lowest BCUT2D eigenvalue weighted by Crippen LogP contribution is -2.37. The van der Waals surface area contributed by atoms with Gasteiger partial charge in [0.2, 0.25) is 0 Å². The van der Waals surface area contributed by atoms with E-state index in [1.807, 2.05) is 0 Å². The normalized spacial score (nSPS) is 29.9. The van der Waals surface area contributed by atoms with E-state index in [4.69, 9.17) is 4.74 Å². The summed E-state index contributed by atoms with van der Waals surface area (Å²) in [4.78, 5) is 0. The van der Waals surface area contributed by atoms with Crippen LogP contribution in [0.15, 0.2) is 28.7 Å². The van der Waals surface area contributed by atoms with Crippen molar-refractivity contribution in [2.24, 2.45) is 11.8 Å². The van der Waals surface area contributed by atoms with Gasteiger partial charge in [-0.2, -0.15) is 0 Å². The number of alkyl halides is 1. The highest BCUT2D eigenvalue weighted by Gasteiger charge is 2.34. The zero-order valence-electron chi connectivity index (χ0n) is 12.5. The molecule has 20 heavy (non-hydrogen) atoms. The quantitative estimate of drug-likeness (QED) is 0.407. The fraction of sp³-hybridized carbons (Fsp3) is 0.647. The van der Waals surface area contributed by atoms with Crippen LogP contribution in [-0.2, 0) is 10.3 Å². The maximum atomic E-state index is 6.58. The molecule has 4 atom stereocenters. The van der Waals surface area contributed by atoms with Crippen LogP contribution >= 0.6 is 38.5 Å². The molecule has 0 aliphatic heterocycles. The molecule has 2 rings (SSSR count). The van der Waals surface area contributed by atoms with Gasteiger partial charge in [-0.25, -0.2) is 0 Å². The Balaban J connectivity index is 2.14. The summed E-state index contributed by atoms with van der Waals surface area (Å²) >= 11 is 6.12. The smallest absolute Gasteiger partial charge is 0.101 e. The van der Waals surface area contributed by atoms with Gasteiger partial charge in [-0.15, -0.1) is 0 Å². The summed E-state index contributed by atoms with van der Waals surface area (Å²) in [6.07, 6.45) is 4.08.